The van der Waals surface area contributed by atoms with Crippen LogP contribution in [0.1, 0.15) is 71.1 Å². The molecule has 23 heavy (non-hydrogen) atoms. The van der Waals surface area contributed by atoms with Crippen molar-refractivity contribution in [1.29, 1.82) is 0 Å². The number of quaternary nitrogens is 1. The van der Waals surface area contributed by atoms with Gasteiger partial charge in [0, 0.05) is 0 Å². The van der Waals surface area contributed by atoms with E-state index in [9.17, 15) is 4.79 Å². The Hall–Kier alpha value is -0.610. The van der Waals surface area contributed by atoms with Gasteiger partial charge in [-0.1, -0.05) is 64.7 Å². The molecule has 1 saturated heterocycles. The Balaban J connectivity index is 1.87. The van der Waals surface area contributed by atoms with E-state index in [1.54, 1.807) is 0 Å². The number of likely N-dealkylation sites (N-methyl/N-ethyl adjacent to an activating group) is 1. The number of hydrogen-bond acceptors (Lipinski definition) is 3. The number of morpholine rings is 1. The van der Waals surface area contributed by atoms with E-state index >= 15 is 0 Å². The fraction of sp³-hybridized carbons (Fsp3) is 0.947. The Bertz CT molecular complexity index is 301. The van der Waals surface area contributed by atoms with Crippen LogP contribution in [0.2, 0.25) is 0 Å². The second-order valence-corrected chi connectivity index (χ2v) is 7.24. The molecule has 136 valence electrons. The first-order valence-corrected chi connectivity index (χ1v) is 9.73. The predicted molar refractivity (Wildman–Crippen MR) is 94.4 cm³/mol. The van der Waals surface area contributed by atoms with Crippen LogP contribution in [0.15, 0.2) is 0 Å². The average Bonchev–Trinajstić information content (AvgIpc) is 2.53. The summed E-state index contributed by atoms with van der Waals surface area (Å²) >= 11 is 0. The van der Waals surface area contributed by atoms with Gasteiger partial charge in [-0.2, -0.15) is 0 Å². The maximum Gasteiger partial charge on any atom is 0.361 e. The molecule has 0 aliphatic carbocycles. The summed E-state index contributed by atoms with van der Waals surface area (Å²) < 4.78 is 11.5. The highest BCUT2D eigenvalue weighted by Crippen LogP contribution is 2.11. The summed E-state index contributed by atoms with van der Waals surface area (Å²) in [5.41, 5.74) is 0. The first-order valence-electron chi connectivity index (χ1n) is 9.73. The summed E-state index contributed by atoms with van der Waals surface area (Å²) in [4.78, 5) is 11.9. The molecule has 1 rings (SSSR count). The predicted octanol–water partition coefficient (Wildman–Crippen LogP) is 3.93. The number of carbonyl (C=O) groups excluding carboxylic acids is 1. The smallest absolute Gasteiger partial charge is 0.361 e. The van der Waals surface area contributed by atoms with Crippen LogP contribution in [0.25, 0.3) is 0 Å². The molecule has 0 unspecified atom stereocenters. The molecule has 0 bridgehead atoms. The van der Waals surface area contributed by atoms with E-state index in [-0.39, 0.29) is 5.97 Å². The summed E-state index contributed by atoms with van der Waals surface area (Å²) in [6.45, 7) is 6.66. The van der Waals surface area contributed by atoms with Crippen molar-refractivity contribution in [1.82, 2.24) is 0 Å². The first kappa shape index (κ1) is 20.4. The van der Waals surface area contributed by atoms with Crippen molar-refractivity contribution in [3.05, 3.63) is 0 Å². The highest BCUT2D eigenvalue weighted by Gasteiger charge is 2.28. The molecule has 1 aliphatic rings. The third-order valence-corrected chi connectivity index (χ3v) is 4.82. The number of carbonyl (C=O) groups is 1. The molecule has 0 saturated carbocycles. The monoisotopic (exact) mass is 328 g/mol. The van der Waals surface area contributed by atoms with E-state index < -0.39 is 0 Å². The lowest BCUT2D eigenvalue weighted by atomic mass is 10.1. The molecule has 1 aliphatic heterocycles. The molecular weight excluding hydrogens is 290 g/mol. The Labute approximate surface area is 143 Å². The van der Waals surface area contributed by atoms with Gasteiger partial charge in [0.25, 0.3) is 0 Å². The number of hydrogen-bond donors (Lipinski definition) is 0. The summed E-state index contributed by atoms with van der Waals surface area (Å²) in [6.07, 6.45) is 13.0. The van der Waals surface area contributed by atoms with E-state index in [1.165, 1.54) is 57.8 Å². The van der Waals surface area contributed by atoms with Crippen molar-refractivity contribution in [2.75, 3.05) is 46.5 Å². The highest BCUT2D eigenvalue weighted by atomic mass is 16.5. The molecule has 0 N–H and O–H groups in total. The zero-order chi connectivity index (χ0) is 16.8. The Morgan fingerprint density at radius 3 is 2.00 bits per heavy atom. The Morgan fingerprint density at radius 2 is 1.43 bits per heavy atom. The van der Waals surface area contributed by atoms with Gasteiger partial charge in [0.15, 0.2) is 6.54 Å². The second kappa shape index (κ2) is 12.8. The average molecular weight is 329 g/mol. The van der Waals surface area contributed by atoms with Crippen molar-refractivity contribution in [2.45, 2.75) is 71.1 Å². The number of nitrogens with zero attached hydrogens (tertiary/aromatic N) is 1. The molecule has 0 atom stereocenters. The van der Waals surface area contributed by atoms with Gasteiger partial charge in [-0.15, -0.1) is 0 Å². The zero-order valence-corrected chi connectivity index (χ0v) is 15.5. The standard InChI is InChI=1S/C19H38NO3/c1-3-4-5-6-7-8-9-10-11-12-15-23-19(21)18-20(2)13-16-22-17-14-20/h3-18H2,1-2H3/q+1. The van der Waals surface area contributed by atoms with Gasteiger partial charge in [0.05, 0.1) is 26.9 Å². The van der Waals surface area contributed by atoms with Crippen LogP contribution >= 0.6 is 0 Å². The van der Waals surface area contributed by atoms with Gasteiger partial charge in [-0.05, 0) is 6.42 Å². The SMILES string of the molecule is CCCCCCCCCCCCOC(=O)C[N+]1(C)CCOCC1. The Kier molecular flexibility index (Phi) is 11.3. The maximum atomic E-state index is 11.9. The number of unbranched alkanes of at least 4 members (excludes halogenated alkanes) is 9. The van der Waals surface area contributed by atoms with Crippen LogP contribution in [-0.2, 0) is 14.3 Å². The molecule has 0 aromatic heterocycles. The number of rotatable bonds is 13. The fourth-order valence-electron chi connectivity index (χ4n) is 3.07. The molecule has 0 aromatic carbocycles. The quantitative estimate of drug-likeness (QED) is 0.292. The lowest BCUT2D eigenvalue weighted by Gasteiger charge is -2.36. The molecule has 0 aromatic rings. The van der Waals surface area contributed by atoms with Crippen LogP contribution in [0, 0.1) is 0 Å². The molecule has 4 nitrogen and oxygen atoms in total. The van der Waals surface area contributed by atoms with E-state index in [4.69, 9.17) is 9.47 Å². The summed E-state index contributed by atoms with van der Waals surface area (Å²) in [5, 5.41) is 0. The molecule has 1 heterocycles. The van der Waals surface area contributed by atoms with Crippen molar-refractivity contribution < 1.29 is 18.8 Å². The van der Waals surface area contributed by atoms with Crippen LogP contribution in [-0.4, -0.2) is 57.0 Å². The zero-order valence-electron chi connectivity index (χ0n) is 15.5. The molecule has 0 radical (unpaired) electrons. The molecule has 0 amide bonds. The minimum atomic E-state index is -0.0506. The Morgan fingerprint density at radius 1 is 0.913 bits per heavy atom. The molecule has 4 heteroatoms. The van der Waals surface area contributed by atoms with E-state index in [0.717, 1.165) is 37.2 Å². The maximum absolute atomic E-state index is 11.9. The molecular formula is C19H38NO3+. The van der Waals surface area contributed by atoms with Crippen molar-refractivity contribution in [2.24, 2.45) is 0 Å². The van der Waals surface area contributed by atoms with Crippen molar-refractivity contribution >= 4 is 5.97 Å². The van der Waals surface area contributed by atoms with Crippen LogP contribution in [0.3, 0.4) is 0 Å². The topological polar surface area (TPSA) is 35.5 Å². The highest BCUT2D eigenvalue weighted by molar-refractivity contribution is 5.70. The number of esters is 1. The van der Waals surface area contributed by atoms with Gasteiger partial charge < -0.3 is 14.0 Å². The molecule has 1 fully saturated rings. The summed E-state index contributed by atoms with van der Waals surface area (Å²) in [5.74, 6) is -0.0506. The van der Waals surface area contributed by atoms with Gasteiger partial charge in [-0.25, -0.2) is 4.79 Å². The number of ether oxygens (including phenoxy) is 2. The molecule has 0 spiro atoms. The fourth-order valence-corrected chi connectivity index (χ4v) is 3.07. The van der Waals surface area contributed by atoms with Gasteiger partial charge in [-0.3, -0.25) is 0 Å². The van der Waals surface area contributed by atoms with Gasteiger partial charge in [0.1, 0.15) is 13.1 Å². The third-order valence-electron chi connectivity index (χ3n) is 4.82. The second-order valence-electron chi connectivity index (χ2n) is 7.24. The minimum absolute atomic E-state index is 0.0506. The summed E-state index contributed by atoms with van der Waals surface area (Å²) in [6, 6.07) is 0. The lowest BCUT2D eigenvalue weighted by molar-refractivity contribution is -0.910. The van der Waals surface area contributed by atoms with Crippen molar-refractivity contribution in [3.63, 3.8) is 0 Å². The summed E-state index contributed by atoms with van der Waals surface area (Å²) in [7, 11) is 2.12. The normalized spacial score (nSPS) is 17.1. The van der Waals surface area contributed by atoms with Crippen LogP contribution in [0.5, 0.6) is 0 Å². The van der Waals surface area contributed by atoms with Gasteiger partial charge >= 0.3 is 5.97 Å². The van der Waals surface area contributed by atoms with E-state index in [1.807, 2.05) is 0 Å². The largest absolute Gasteiger partial charge is 0.462 e. The van der Waals surface area contributed by atoms with Crippen LogP contribution in [0.4, 0.5) is 0 Å². The van der Waals surface area contributed by atoms with Gasteiger partial charge in [0.2, 0.25) is 0 Å². The lowest BCUT2D eigenvalue weighted by Crippen LogP contribution is -2.54. The van der Waals surface area contributed by atoms with Crippen molar-refractivity contribution in [3.8, 4) is 0 Å². The van der Waals surface area contributed by atoms with E-state index in [2.05, 4.69) is 14.0 Å². The van der Waals surface area contributed by atoms with E-state index in [0.29, 0.717) is 13.2 Å². The third kappa shape index (κ3) is 10.7. The first-order chi connectivity index (χ1) is 11.2. The minimum Gasteiger partial charge on any atom is -0.462 e. The van der Waals surface area contributed by atoms with Crippen LogP contribution < -0.4 is 0 Å².